The van der Waals surface area contributed by atoms with Gasteiger partial charge in [0.1, 0.15) is 5.84 Å². The number of carbonyl (C=O) groups is 1. The van der Waals surface area contributed by atoms with Crippen LogP contribution in [0, 0.1) is 0 Å². The second-order valence-electron chi connectivity index (χ2n) is 2.83. The van der Waals surface area contributed by atoms with E-state index in [1.807, 2.05) is 0 Å². The maximum atomic E-state index is 10.8. The molecule has 1 aromatic rings. The summed E-state index contributed by atoms with van der Waals surface area (Å²) in [5.74, 6) is -0.979. The molecule has 0 atom stereocenters. The van der Waals surface area contributed by atoms with Crippen molar-refractivity contribution in [3.63, 3.8) is 0 Å². The topological polar surface area (TPSA) is 75.7 Å². The summed E-state index contributed by atoms with van der Waals surface area (Å²) in [5.41, 5.74) is 5.59. The van der Waals surface area contributed by atoms with Crippen molar-refractivity contribution in [2.75, 3.05) is 5.88 Å². The van der Waals surface area contributed by atoms with Crippen LogP contribution in [0.15, 0.2) is 17.1 Å². The Morgan fingerprint density at radius 2 is 2.06 bits per heavy atom. The number of rotatable bonds is 3. The first kappa shape index (κ1) is 13.1. The van der Waals surface area contributed by atoms with Crippen molar-refractivity contribution in [1.82, 2.24) is 0 Å². The molecule has 1 rings (SSSR count). The summed E-state index contributed by atoms with van der Waals surface area (Å²) in [6, 6.07) is 2.51. The van der Waals surface area contributed by atoms with Crippen LogP contribution in [0.4, 0.5) is 5.69 Å². The highest BCUT2D eigenvalue weighted by Crippen LogP contribution is 2.33. The van der Waals surface area contributed by atoms with Crippen molar-refractivity contribution in [3.05, 3.63) is 27.7 Å². The molecule has 0 radical (unpaired) electrons. The Hall–Kier alpha value is -0.970. The summed E-state index contributed by atoms with van der Waals surface area (Å²) < 4.78 is 0. The van der Waals surface area contributed by atoms with Crippen molar-refractivity contribution in [2.45, 2.75) is 0 Å². The van der Waals surface area contributed by atoms with Crippen molar-refractivity contribution in [1.29, 1.82) is 0 Å². The molecule has 0 aromatic heterocycles. The van der Waals surface area contributed by atoms with E-state index >= 15 is 0 Å². The van der Waals surface area contributed by atoms with Crippen LogP contribution in [-0.2, 0) is 0 Å². The van der Waals surface area contributed by atoms with Gasteiger partial charge in [0.2, 0.25) is 0 Å². The van der Waals surface area contributed by atoms with Gasteiger partial charge in [0.05, 0.1) is 27.2 Å². The molecule has 0 saturated carbocycles. The van der Waals surface area contributed by atoms with E-state index in [0.717, 1.165) is 0 Å². The Balaban J connectivity index is 3.32. The number of hydrogen-bond donors (Lipinski definition) is 2. The number of benzene rings is 1. The van der Waals surface area contributed by atoms with Crippen LogP contribution >= 0.6 is 34.8 Å². The third-order valence-corrected chi connectivity index (χ3v) is 2.72. The third kappa shape index (κ3) is 3.01. The van der Waals surface area contributed by atoms with E-state index in [1.54, 1.807) is 0 Å². The second kappa shape index (κ2) is 5.39. The van der Waals surface area contributed by atoms with Gasteiger partial charge in [-0.25, -0.2) is 9.79 Å². The molecule has 0 fully saturated rings. The van der Waals surface area contributed by atoms with Crippen LogP contribution in [-0.4, -0.2) is 22.8 Å². The van der Waals surface area contributed by atoms with Gasteiger partial charge in [-0.15, -0.1) is 11.6 Å². The largest absolute Gasteiger partial charge is 0.478 e. The van der Waals surface area contributed by atoms with Crippen molar-refractivity contribution < 1.29 is 9.90 Å². The van der Waals surface area contributed by atoms with Gasteiger partial charge in [-0.1, -0.05) is 23.2 Å². The first-order valence-corrected chi connectivity index (χ1v) is 5.36. The average Bonchev–Trinajstić information content (AvgIpc) is 2.23. The molecule has 4 nitrogen and oxygen atoms in total. The van der Waals surface area contributed by atoms with Gasteiger partial charge < -0.3 is 10.8 Å². The second-order valence-corrected chi connectivity index (χ2v) is 3.89. The quantitative estimate of drug-likeness (QED) is 0.508. The zero-order valence-electron chi connectivity index (χ0n) is 7.88. The summed E-state index contributed by atoms with van der Waals surface area (Å²) in [5, 5.41) is 9.05. The minimum Gasteiger partial charge on any atom is -0.478 e. The fraction of sp³-hybridized carbons (Fsp3) is 0.111. The lowest BCUT2D eigenvalue weighted by atomic mass is 10.2. The van der Waals surface area contributed by atoms with Gasteiger partial charge in [0.15, 0.2) is 0 Å². The molecular weight excluding hydrogens is 274 g/mol. The molecule has 0 aliphatic carbocycles. The number of aromatic carboxylic acids is 1. The smallest absolute Gasteiger partial charge is 0.335 e. The van der Waals surface area contributed by atoms with Crippen molar-refractivity contribution in [3.8, 4) is 0 Å². The number of alkyl halides is 1. The Morgan fingerprint density at radius 1 is 1.44 bits per heavy atom. The normalized spacial score (nSPS) is 11.6. The van der Waals surface area contributed by atoms with E-state index in [1.165, 1.54) is 12.1 Å². The number of carboxylic acid groups (broad SMARTS) is 1. The zero-order valence-corrected chi connectivity index (χ0v) is 10.1. The maximum Gasteiger partial charge on any atom is 0.335 e. The molecule has 0 aliphatic rings. The summed E-state index contributed by atoms with van der Waals surface area (Å²) in [6.45, 7) is 0. The number of hydrogen-bond acceptors (Lipinski definition) is 2. The molecule has 0 unspecified atom stereocenters. The summed E-state index contributed by atoms with van der Waals surface area (Å²) in [7, 11) is 0. The predicted molar refractivity (Wildman–Crippen MR) is 65.4 cm³/mol. The van der Waals surface area contributed by atoms with Crippen LogP contribution < -0.4 is 5.73 Å². The molecular formula is C9H7Cl3N2O2. The molecule has 1 aromatic carbocycles. The van der Waals surface area contributed by atoms with Crippen molar-refractivity contribution in [2.24, 2.45) is 10.7 Å². The minimum absolute atomic E-state index is 0.0180. The first-order valence-electron chi connectivity index (χ1n) is 4.07. The van der Waals surface area contributed by atoms with Crippen LogP contribution in [0.25, 0.3) is 0 Å². The predicted octanol–water partition coefficient (Wildman–Crippen LogP) is 2.92. The number of nitrogens with two attached hydrogens (primary N) is 1. The minimum atomic E-state index is -1.13. The van der Waals surface area contributed by atoms with Gasteiger partial charge >= 0.3 is 5.97 Å². The maximum absolute atomic E-state index is 10.8. The lowest BCUT2D eigenvalue weighted by Gasteiger charge is -2.04. The average molecular weight is 282 g/mol. The number of aliphatic imine (C=N–C) groups is 1. The fourth-order valence-corrected chi connectivity index (χ4v) is 1.39. The van der Waals surface area contributed by atoms with E-state index in [0.29, 0.717) is 0 Å². The van der Waals surface area contributed by atoms with Crippen molar-refractivity contribution >= 4 is 52.3 Å². The van der Waals surface area contributed by atoms with E-state index < -0.39 is 5.97 Å². The first-order chi connectivity index (χ1) is 7.45. The van der Waals surface area contributed by atoms with Crippen LogP contribution in [0.1, 0.15) is 10.4 Å². The number of amidine groups is 1. The highest BCUT2D eigenvalue weighted by Gasteiger charge is 2.11. The van der Waals surface area contributed by atoms with Gasteiger partial charge in [-0.05, 0) is 12.1 Å². The van der Waals surface area contributed by atoms with E-state index in [9.17, 15) is 4.79 Å². The number of nitrogens with zero attached hydrogens (tertiary/aromatic N) is 1. The monoisotopic (exact) mass is 280 g/mol. The highest BCUT2D eigenvalue weighted by atomic mass is 35.5. The molecule has 0 saturated heterocycles. The Morgan fingerprint density at radius 3 is 2.56 bits per heavy atom. The van der Waals surface area contributed by atoms with Gasteiger partial charge in [-0.3, -0.25) is 0 Å². The van der Waals surface area contributed by atoms with Crippen LogP contribution in [0.5, 0.6) is 0 Å². The van der Waals surface area contributed by atoms with Crippen LogP contribution in [0.3, 0.4) is 0 Å². The molecule has 86 valence electrons. The molecule has 0 aliphatic heterocycles. The molecule has 0 amide bonds. The van der Waals surface area contributed by atoms with E-state index in [2.05, 4.69) is 4.99 Å². The number of halogens is 3. The molecule has 3 N–H and O–H groups in total. The van der Waals surface area contributed by atoms with Gasteiger partial charge in [0.25, 0.3) is 0 Å². The zero-order chi connectivity index (χ0) is 12.3. The van der Waals surface area contributed by atoms with Crippen LogP contribution in [0.2, 0.25) is 10.0 Å². The lowest BCUT2D eigenvalue weighted by Crippen LogP contribution is -2.12. The molecule has 0 bridgehead atoms. The van der Waals surface area contributed by atoms with Gasteiger partial charge in [-0.2, -0.15) is 0 Å². The Bertz CT molecular complexity index is 460. The highest BCUT2D eigenvalue weighted by molar-refractivity contribution is 6.44. The van der Waals surface area contributed by atoms with Gasteiger partial charge in [0, 0.05) is 0 Å². The third-order valence-electron chi connectivity index (χ3n) is 1.66. The summed E-state index contributed by atoms with van der Waals surface area (Å²) >= 11 is 17.0. The molecule has 7 heteroatoms. The molecule has 16 heavy (non-hydrogen) atoms. The SMILES string of the molecule is NC(CCl)=Nc1cc(C(=O)O)cc(Cl)c1Cl. The number of carboxylic acids is 1. The fourth-order valence-electron chi connectivity index (χ4n) is 0.964. The summed E-state index contributed by atoms with van der Waals surface area (Å²) in [6.07, 6.45) is 0. The Kier molecular flexibility index (Phi) is 4.41. The van der Waals surface area contributed by atoms with E-state index in [4.69, 9.17) is 45.6 Å². The molecule has 0 heterocycles. The standard InChI is InChI=1S/C9H7Cl3N2O2/c10-3-7(13)14-6-2-4(9(15)16)1-5(11)8(6)12/h1-2H,3H2,(H2,13,14)(H,15,16). The Labute approximate surface area is 107 Å². The summed E-state index contributed by atoms with van der Waals surface area (Å²) in [4.78, 5) is 14.6. The van der Waals surface area contributed by atoms with E-state index in [-0.39, 0.29) is 33.0 Å². The molecule has 0 spiro atoms. The lowest BCUT2D eigenvalue weighted by molar-refractivity contribution is 0.0697.